The molecule has 0 atom stereocenters. The van der Waals surface area contributed by atoms with Crippen LogP contribution in [0.5, 0.6) is 11.5 Å². The van der Waals surface area contributed by atoms with E-state index in [4.69, 9.17) is 15.2 Å². The van der Waals surface area contributed by atoms with Crippen molar-refractivity contribution in [1.29, 1.82) is 0 Å². The lowest BCUT2D eigenvalue weighted by molar-refractivity contribution is 0.310. The maximum atomic E-state index is 5.74. The molecule has 0 aliphatic heterocycles. The van der Waals surface area contributed by atoms with E-state index in [0.717, 1.165) is 30.0 Å². The van der Waals surface area contributed by atoms with Crippen LogP contribution in [0.25, 0.3) is 0 Å². The largest absolute Gasteiger partial charge is 0.493 e. The first-order chi connectivity index (χ1) is 9.21. The fourth-order valence-electron chi connectivity index (χ4n) is 1.57. The topological polar surface area (TPSA) is 68.9 Å². The van der Waals surface area contributed by atoms with Gasteiger partial charge < -0.3 is 20.5 Å². The molecule has 0 aromatic heterocycles. The summed E-state index contributed by atoms with van der Waals surface area (Å²) in [6.07, 6.45) is 1.02. The Balaban J connectivity index is 0.00000361. The first-order valence-corrected chi connectivity index (χ1v) is 6.54. The maximum Gasteiger partial charge on any atom is 0.188 e. The van der Waals surface area contributed by atoms with E-state index in [9.17, 15) is 0 Å². The van der Waals surface area contributed by atoms with Crippen LogP contribution < -0.4 is 20.5 Å². The Kier molecular flexibility index (Phi) is 9.96. The smallest absolute Gasteiger partial charge is 0.188 e. The van der Waals surface area contributed by atoms with Crippen LogP contribution in [0.1, 0.15) is 25.8 Å². The molecule has 0 bridgehead atoms. The monoisotopic (exact) mass is 393 g/mol. The predicted octanol–water partition coefficient (Wildman–Crippen LogP) is 2.53. The fourth-order valence-corrected chi connectivity index (χ4v) is 1.57. The number of ether oxygens (including phenoxy) is 2. The Morgan fingerprint density at radius 3 is 2.65 bits per heavy atom. The Hall–Kier alpha value is -1.18. The number of aliphatic imine (C=N–C) groups is 1. The van der Waals surface area contributed by atoms with Gasteiger partial charge in [-0.05, 0) is 31.0 Å². The van der Waals surface area contributed by atoms with Crippen LogP contribution in [-0.2, 0) is 6.54 Å². The highest BCUT2D eigenvalue weighted by Gasteiger charge is 2.04. The number of rotatable bonds is 7. The predicted molar refractivity (Wildman–Crippen MR) is 93.2 cm³/mol. The molecule has 0 amide bonds. The van der Waals surface area contributed by atoms with E-state index in [1.54, 1.807) is 7.11 Å². The van der Waals surface area contributed by atoms with Crippen LogP contribution in [0.2, 0.25) is 0 Å². The first kappa shape index (κ1) is 18.8. The van der Waals surface area contributed by atoms with Crippen molar-refractivity contribution in [3.63, 3.8) is 0 Å². The van der Waals surface area contributed by atoms with Gasteiger partial charge in [0.15, 0.2) is 17.5 Å². The quantitative estimate of drug-likeness (QED) is 0.425. The second kappa shape index (κ2) is 10.6. The summed E-state index contributed by atoms with van der Waals surface area (Å²) in [6.45, 7) is 5.99. The zero-order chi connectivity index (χ0) is 14.1. The van der Waals surface area contributed by atoms with Crippen molar-refractivity contribution < 1.29 is 9.47 Å². The molecule has 1 rings (SSSR count). The molecule has 3 N–H and O–H groups in total. The number of benzene rings is 1. The molecule has 5 nitrogen and oxygen atoms in total. The van der Waals surface area contributed by atoms with Gasteiger partial charge in [0.25, 0.3) is 0 Å². The van der Waals surface area contributed by atoms with Gasteiger partial charge in [0, 0.05) is 6.54 Å². The molecule has 1 aromatic carbocycles. The number of methoxy groups -OCH3 is 1. The second-order valence-electron chi connectivity index (χ2n) is 4.05. The molecule has 0 saturated carbocycles. The molecule has 0 unspecified atom stereocenters. The summed E-state index contributed by atoms with van der Waals surface area (Å²) in [5.41, 5.74) is 6.77. The van der Waals surface area contributed by atoms with Crippen LogP contribution >= 0.6 is 24.0 Å². The molecule has 0 radical (unpaired) electrons. The van der Waals surface area contributed by atoms with E-state index >= 15 is 0 Å². The lowest BCUT2D eigenvalue weighted by Gasteiger charge is -2.10. The molecule has 1 aromatic rings. The van der Waals surface area contributed by atoms with Crippen molar-refractivity contribution in [3.05, 3.63) is 23.8 Å². The molecule has 20 heavy (non-hydrogen) atoms. The normalized spacial score (nSPS) is 10.7. The van der Waals surface area contributed by atoms with Crippen LogP contribution in [-0.4, -0.2) is 26.2 Å². The van der Waals surface area contributed by atoms with Gasteiger partial charge in [-0.3, -0.25) is 0 Å². The molecule has 0 aliphatic carbocycles. The van der Waals surface area contributed by atoms with Crippen LogP contribution in [0.3, 0.4) is 0 Å². The summed E-state index contributed by atoms with van der Waals surface area (Å²) in [7, 11) is 1.63. The lowest BCUT2D eigenvalue weighted by Crippen LogP contribution is -2.32. The highest BCUT2D eigenvalue weighted by Crippen LogP contribution is 2.28. The average molecular weight is 393 g/mol. The Morgan fingerprint density at radius 2 is 2.05 bits per heavy atom. The molecule has 0 aliphatic rings. The molecule has 0 heterocycles. The van der Waals surface area contributed by atoms with Gasteiger partial charge in [0.1, 0.15) is 0 Å². The average Bonchev–Trinajstić information content (AvgIpc) is 2.44. The molecule has 6 heteroatoms. The van der Waals surface area contributed by atoms with Crippen molar-refractivity contribution in [1.82, 2.24) is 5.32 Å². The minimum absolute atomic E-state index is 0. The molecule has 0 spiro atoms. The summed E-state index contributed by atoms with van der Waals surface area (Å²) in [6, 6.07) is 5.77. The van der Waals surface area contributed by atoms with Crippen LogP contribution in [0.15, 0.2) is 23.2 Å². The van der Waals surface area contributed by atoms with E-state index in [1.807, 2.05) is 25.1 Å². The van der Waals surface area contributed by atoms with Gasteiger partial charge in [0.05, 0.1) is 20.3 Å². The third-order valence-electron chi connectivity index (χ3n) is 2.52. The zero-order valence-electron chi connectivity index (χ0n) is 12.3. The molecule has 0 fully saturated rings. The highest BCUT2D eigenvalue weighted by atomic mass is 127. The number of nitrogens with zero attached hydrogens (tertiary/aromatic N) is 1. The van der Waals surface area contributed by atoms with Crippen molar-refractivity contribution >= 4 is 29.9 Å². The molecular formula is C14H24IN3O2. The van der Waals surface area contributed by atoms with E-state index in [0.29, 0.717) is 19.1 Å². The zero-order valence-corrected chi connectivity index (χ0v) is 14.6. The van der Waals surface area contributed by atoms with Crippen molar-refractivity contribution in [2.24, 2.45) is 10.7 Å². The van der Waals surface area contributed by atoms with Crippen LogP contribution in [0.4, 0.5) is 0 Å². The van der Waals surface area contributed by atoms with Gasteiger partial charge >= 0.3 is 0 Å². The van der Waals surface area contributed by atoms with Crippen molar-refractivity contribution in [2.45, 2.75) is 26.8 Å². The molecule has 114 valence electrons. The summed E-state index contributed by atoms with van der Waals surface area (Å²) < 4.78 is 10.8. The van der Waals surface area contributed by atoms with E-state index in [1.165, 1.54) is 0 Å². The van der Waals surface area contributed by atoms with E-state index in [-0.39, 0.29) is 24.0 Å². The Morgan fingerprint density at radius 1 is 1.30 bits per heavy atom. The first-order valence-electron chi connectivity index (χ1n) is 6.54. The van der Waals surface area contributed by atoms with Gasteiger partial charge in [-0.1, -0.05) is 13.0 Å². The Bertz CT molecular complexity index is 425. The number of hydrogen-bond acceptors (Lipinski definition) is 3. The van der Waals surface area contributed by atoms with Crippen LogP contribution in [0, 0.1) is 0 Å². The lowest BCUT2D eigenvalue weighted by atomic mass is 10.2. The van der Waals surface area contributed by atoms with Gasteiger partial charge in [-0.15, -0.1) is 24.0 Å². The SMILES string of the molecule is CCCNC(N)=NCc1ccc(OCC)c(OC)c1.I. The van der Waals surface area contributed by atoms with Crippen molar-refractivity contribution in [2.75, 3.05) is 20.3 Å². The third-order valence-corrected chi connectivity index (χ3v) is 2.52. The number of nitrogens with one attached hydrogen (secondary N) is 1. The number of nitrogens with two attached hydrogens (primary N) is 1. The second-order valence-corrected chi connectivity index (χ2v) is 4.05. The summed E-state index contributed by atoms with van der Waals surface area (Å²) in [5, 5.41) is 3.03. The minimum atomic E-state index is 0. The van der Waals surface area contributed by atoms with Crippen molar-refractivity contribution in [3.8, 4) is 11.5 Å². The summed E-state index contributed by atoms with van der Waals surface area (Å²) in [5.74, 6) is 1.93. The standard InChI is InChI=1S/C14H23N3O2.HI/c1-4-8-16-14(15)17-10-11-6-7-12(19-5-2)13(9-11)18-3;/h6-7,9H,4-5,8,10H2,1-3H3,(H3,15,16,17);1H. The molecule has 0 saturated heterocycles. The number of hydrogen-bond donors (Lipinski definition) is 2. The highest BCUT2D eigenvalue weighted by molar-refractivity contribution is 14.0. The maximum absolute atomic E-state index is 5.74. The summed E-state index contributed by atoms with van der Waals surface area (Å²) >= 11 is 0. The van der Waals surface area contributed by atoms with E-state index in [2.05, 4.69) is 17.2 Å². The van der Waals surface area contributed by atoms with Gasteiger partial charge in [-0.2, -0.15) is 0 Å². The molecular weight excluding hydrogens is 369 g/mol. The third kappa shape index (κ3) is 6.31. The van der Waals surface area contributed by atoms with E-state index < -0.39 is 0 Å². The van der Waals surface area contributed by atoms with Gasteiger partial charge in [0.2, 0.25) is 0 Å². The fraction of sp³-hybridized carbons (Fsp3) is 0.500. The minimum Gasteiger partial charge on any atom is -0.493 e. The number of guanidine groups is 1. The number of halogens is 1. The summed E-state index contributed by atoms with van der Waals surface area (Å²) in [4.78, 5) is 4.27. The Labute approximate surface area is 138 Å². The van der Waals surface area contributed by atoms with Gasteiger partial charge in [-0.25, -0.2) is 4.99 Å².